The minimum absolute atomic E-state index is 0.0775. The molecule has 0 aliphatic carbocycles. The van der Waals surface area contributed by atoms with E-state index in [1.54, 1.807) is 4.90 Å². The Hall–Kier alpha value is -0.220. The molecule has 0 saturated carbocycles. The van der Waals surface area contributed by atoms with Crippen LogP contribution in [-0.2, 0) is 0 Å². The summed E-state index contributed by atoms with van der Waals surface area (Å²) in [5, 5.41) is 0. The lowest BCUT2D eigenvalue weighted by Crippen LogP contribution is -2.38. The van der Waals surface area contributed by atoms with Crippen molar-refractivity contribution in [3.8, 4) is 0 Å². The van der Waals surface area contributed by atoms with Crippen LogP contribution in [0.3, 0.4) is 0 Å². The summed E-state index contributed by atoms with van der Waals surface area (Å²) < 4.78 is 23.8. The normalized spacial score (nSPS) is 33.5. The van der Waals surface area contributed by atoms with Crippen molar-refractivity contribution < 1.29 is 8.78 Å². The van der Waals surface area contributed by atoms with Crippen molar-refractivity contribution in [2.45, 2.75) is 31.9 Å². The molecule has 1 aliphatic heterocycles. The van der Waals surface area contributed by atoms with E-state index in [0.29, 0.717) is 6.54 Å². The van der Waals surface area contributed by atoms with Gasteiger partial charge in [-0.1, -0.05) is 0 Å². The molecular formula is C7H14F2N2. The fourth-order valence-corrected chi connectivity index (χ4v) is 1.47. The van der Waals surface area contributed by atoms with Gasteiger partial charge in [0, 0.05) is 18.6 Å². The first kappa shape index (κ1) is 8.87. The van der Waals surface area contributed by atoms with Crippen LogP contribution in [0.1, 0.15) is 13.3 Å². The fourth-order valence-electron chi connectivity index (χ4n) is 1.47. The van der Waals surface area contributed by atoms with Gasteiger partial charge in [-0.05, 0) is 13.3 Å². The molecule has 66 valence electrons. The highest BCUT2D eigenvalue weighted by Crippen LogP contribution is 2.16. The summed E-state index contributed by atoms with van der Waals surface area (Å²) in [6.45, 7) is 2.49. The molecule has 11 heavy (non-hydrogen) atoms. The van der Waals surface area contributed by atoms with Gasteiger partial charge in [0.1, 0.15) is 0 Å². The third-order valence-corrected chi connectivity index (χ3v) is 2.32. The smallest absolute Gasteiger partial charge is 0.251 e. The first-order chi connectivity index (χ1) is 5.11. The van der Waals surface area contributed by atoms with E-state index >= 15 is 0 Å². The zero-order valence-corrected chi connectivity index (χ0v) is 6.63. The van der Waals surface area contributed by atoms with Gasteiger partial charge in [0.2, 0.25) is 0 Å². The molecule has 2 nitrogen and oxygen atoms in total. The van der Waals surface area contributed by atoms with Crippen molar-refractivity contribution in [2.75, 3.05) is 13.1 Å². The number of alkyl halides is 2. The minimum atomic E-state index is -2.23. The molecule has 2 unspecified atom stereocenters. The molecule has 0 bridgehead atoms. The van der Waals surface area contributed by atoms with E-state index in [4.69, 9.17) is 5.73 Å². The molecule has 1 aliphatic rings. The molecule has 2 atom stereocenters. The Morgan fingerprint density at radius 3 is 2.64 bits per heavy atom. The Labute approximate surface area is 65.4 Å². The van der Waals surface area contributed by atoms with Gasteiger partial charge in [-0.25, -0.2) is 8.78 Å². The van der Waals surface area contributed by atoms with E-state index in [2.05, 4.69) is 0 Å². The van der Waals surface area contributed by atoms with E-state index in [-0.39, 0.29) is 18.6 Å². The third kappa shape index (κ3) is 2.10. The maximum Gasteiger partial charge on any atom is 0.251 e. The average molecular weight is 164 g/mol. The number of halogens is 2. The average Bonchev–Trinajstić information content (AvgIpc) is 2.18. The third-order valence-electron chi connectivity index (χ3n) is 2.32. The summed E-state index contributed by atoms with van der Waals surface area (Å²) >= 11 is 0. The van der Waals surface area contributed by atoms with E-state index in [0.717, 1.165) is 6.42 Å². The number of likely N-dealkylation sites (tertiary alicyclic amines) is 1. The van der Waals surface area contributed by atoms with Gasteiger partial charge in [-0.15, -0.1) is 0 Å². The SMILES string of the molecule is CC1C(N)CCN1CC(F)F. The maximum atomic E-state index is 11.9. The van der Waals surface area contributed by atoms with Crippen LogP contribution in [0, 0.1) is 0 Å². The summed E-state index contributed by atoms with van der Waals surface area (Å²) in [6, 6.07) is 0.192. The largest absolute Gasteiger partial charge is 0.326 e. The van der Waals surface area contributed by atoms with Crippen molar-refractivity contribution in [1.29, 1.82) is 0 Å². The van der Waals surface area contributed by atoms with E-state index in [1.807, 2.05) is 6.92 Å². The van der Waals surface area contributed by atoms with Gasteiger partial charge >= 0.3 is 0 Å². The zero-order chi connectivity index (χ0) is 8.43. The summed E-state index contributed by atoms with van der Waals surface area (Å²) in [7, 11) is 0. The lowest BCUT2D eigenvalue weighted by atomic mass is 10.2. The monoisotopic (exact) mass is 164 g/mol. The number of rotatable bonds is 2. The predicted molar refractivity (Wildman–Crippen MR) is 39.6 cm³/mol. The summed E-state index contributed by atoms with van der Waals surface area (Å²) in [5.41, 5.74) is 5.66. The highest BCUT2D eigenvalue weighted by molar-refractivity contribution is 4.86. The summed E-state index contributed by atoms with van der Waals surface area (Å²) in [4.78, 5) is 1.75. The van der Waals surface area contributed by atoms with Gasteiger partial charge in [-0.2, -0.15) is 0 Å². The quantitative estimate of drug-likeness (QED) is 0.650. The Bertz CT molecular complexity index is 130. The molecule has 1 fully saturated rings. The molecule has 0 aromatic rings. The Balaban J connectivity index is 2.36. The zero-order valence-electron chi connectivity index (χ0n) is 6.63. The van der Waals surface area contributed by atoms with Crippen LogP contribution < -0.4 is 5.73 Å². The first-order valence-corrected chi connectivity index (χ1v) is 3.89. The molecule has 1 saturated heterocycles. The van der Waals surface area contributed by atoms with Crippen LogP contribution in [0.25, 0.3) is 0 Å². The molecule has 2 N–H and O–H groups in total. The minimum Gasteiger partial charge on any atom is -0.326 e. The molecule has 0 aromatic carbocycles. The Morgan fingerprint density at radius 1 is 1.64 bits per heavy atom. The van der Waals surface area contributed by atoms with Crippen molar-refractivity contribution >= 4 is 0 Å². The van der Waals surface area contributed by atoms with Crippen LogP contribution in [0.5, 0.6) is 0 Å². The highest BCUT2D eigenvalue weighted by Gasteiger charge is 2.29. The van der Waals surface area contributed by atoms with Gasteiger partial charge in [0.25, 0.3) is 6.43 Å². The van der Waals surface area contributed by atoms with Crippen LogP contribution >= 0.6 is 0 Å². The molecule has 1 rings (SSSR count). The standard InChI is InChI=1S/C7H14F2N2/c1-5-6(10)2-3-11(5)4-7(8)9/h5-7H,2-4,10H2,1H3. The molecule has 4 heteroatoms. The highest BCUT2D eigenvalue weighted by atomic mass is 19.3. The fraction of sp³-hybridized carbons (Fsp3) is 1.00. The maximum absolute atomic E-state index is 11.9. The topological polar surface area (TPSA) is 29.3 Å². The lowest BCUT2D eigenvalue weighted by molar-refractivity contribution is 0.0841. The van der Waals surface area contributed by atoms with Crippen LogP contribution in [0.4, 0.5) is 8.78 Å². The molecular weight excluding hydrogens is 150 g/mol. The number of hydrogen-bond acceptors (Lipinski definition) is 2. The van der Waals surface area contributed by atoms with Crippen molar-refractivity contribution in [2.24, 2.45) is 5.73 Å². The van der Waals surface area contributed by atoms with Gasteiger partial charge in [0.15, 0.2) is 0 Å². The second kappa shape index (κ2) is 3.45. The van der Waals surface area contributed by atoms with Crippen molar-refractivity contribution in [3.05, 3.63) is 0 Å². The van der Waals surface area contributed by atoms with Gasteiger partial charge in [-0.3, -0.25) is 4.90 Å². The van der Waals surface area contributed by atoms with E-state index in [9.17, 15) is 8.78 Å². The molecule has 0 aromatic heterocycles. The molecule has 0 amide bonds. The Kier molecular flexibility index (Phi) is 2.78. The van der Waals surface area contributed by atoms with Crippen LogP contribution in [-0.4, -0.2) is 36.5 Å². The van der Waals surface area contributed by atoms with Crippen molar-refractivity contribution in [3.63, 3.8) is 0 Å². The molecule has 0 spiro atoms. The Morgan fingerprint density at radius 2 is 2.27 bits per heavy atom. The molecule has 0 radical (unpaired) electrons. The van der Waals surface area contributed by atoms with Gasteiger partial charge in [0.05, 0.1) is 6.54 Å². The van der Waals surface area contributed by atoms with Crippen molar-refractivity contribution in [1.82, 2.24) is 4.90 Å². The van der Waals surface area contributed by atoms with Gasteiger partial charge < -0.3 is 5.73 Å². The van der Waals surface area contributed by atoms with E-state index < -0.39 is 6.43 Å². The van der Waals surface area contributed by atoms with Crippen LogP contribution in [0.2, 0.25) is 0 Å². The van der Waals surface area contributed by atoms with E-state index in [1.165, 1.54) is 0 Å². The number of hydrogen-bond donors (Lipinski definition) is 1. The number of nitrogens with zero attached hydrogens (tertiary/aromatic N) is 1. The molecule has 1 heterocycles. The second-order valence-electron chi connectivity index (χ2n) is 3.08. The van der Waals surface area contributed by atoms with Crippen LogP contribution in [0.15, 0.2) is 0 Å². The predicted octanol–water partition coefficient (Wildman–Crippen LogP) is 0.673. The first-order valence-electron chi connectivity index (χ1n) is 3.89. The summed E-state index contributed by atoms with van der Waals surface area (Å²) in [5.74, 6) is 0. The second-order valence-corrected chi connectivity index (χ2v) is 3.08. The summed E-state index contributed by atoms with van der Waals surface area (Å²) in [6.07, 6.45) is -1.39. The lowest BCUT2D eigenvalue weighted by Gasteiger charge is -2.21. The number of nitrogens with two attached hydrogens (primary N) is 1.